The third kappa shape index (κ3) is 9.20. The molecule has 62 heavy (non-hydrogen) atoms. The number of benzene rings is 8. The maximum atomic E-state index is 2.38. The van der Waals surface area contributed by atoms with Crippen LogP contribution in [-0.2, 0) is 37.0 Å². The topological polar surface area (TPSA) is 0 Å². The van der Waals surface area contributed by atoms with Crippen LogP contribution in [0, 0.1) is 0 Å². The molecule has 0 amide bonds. The van der Waals surface area contributed by atoms with Gasteiger partial charge in [0, 0.05) is 9.52 Å². The summed E-state index contributed by atoms with van der Waals surface area (Å²) in [4.78, 5) is 0. The van der Waals surface area contributed by atoms with Crippen molar-refractivity contribution in [2.75, 3.05) is 0 Å². The first-order valence-electron chi connectivity index (χ1n) is 21.6. The average molecular weight is 896 g/mol. The first-order chi connectivity index (χ1) is 29.5. The van der Waals surface area contributed by atoms with Gasteiger partial charge >= 0.3 is 26.2 Å². The van der Waals surface area contributed by atoms with Crippen molar-refractivity contribution in [1.82, 2.24) is 0 Å². The van der Waals surface area contributed by atoms with Crippen LogP contribution in [-0.4, -0.2) is 9.52 Å². The summed E-state index contributed by atoms with van der Waals surface area (Å²) in [5.41, 5.74) is 13.4. The normalized spacial score (nSPS) is 11.5. The first-order valence-corrected chi connectivity index (χ1v) is 23.6. The molecular weight excluding hydrogens is 840 g/mol. The Hall–Kier alpha value is -5.40. The predicted octanol–water partition coefficient (Wildman–Crippen LogP) is 17.5. The third-order valence-electron chi connectivity index (χ3n) is 11.8. The minimum atomic E-state index is 0. The van der Waals surface area contributed by atoms with Gasteiger partial charge in [-0.05, 0) is 65.8 Å². The quantitative estimate of drug-likeness (QED) is 0.122. The van der Waals surface area contributed by atoms with E-state index < -0.39 is 0 Å². The zero-order valence-electron chi connectivity index (χ0n) is 37.5. The molecule has 10 aromatic carbocycles. The van der Waals surface area contributed by atoms with E-state index in [1.165, 1.54) is 98.7 Å². The summed E-state index contributed by atoms with van der Waals surface area (Å²) in [5.74, 6) is 0. The van der Waals surface area contributed by atoms with Gasteiger partial charge in [0.25, 0.3) is 0 Å². The summed E-state index contributed by atoms with van der Waals surface area (Å²) >= 11 is 0. The Morgan fingerprint density at radius 3 is 0.919 bits per heavy atom. The van der Waals surface area contributed by atoms with E-state index in [0.29, 0.717) is 0 Å². The number of hydrogen-bond acceptors (Lipinski definition) is 0. The molecule has 0 aliphatic carbocycles. The molecule has 0 saturated carbocycles. The molecule has 0 nitrogen and oxygen atoms in total. The van der Waals surface area contributed by atoms with Gasteiger partial charge < -0.3 is 0 Å². The fourth-order valence-corrected chi connectivity index (χ4v) is 8.63. The van der Waals surface area contributed by atoms with Crippen molar-refractivity contribution >= 4 is 52.6 Å². The van der Waals surface area contributed by atoms with E-state index in [2.05, 4.69) is 249 Å². The van der Waals surface area contributed by atoms with Crippen LogP contribution in [0.3, 0.4) is 0 Å². The SMILES string of the molecule is CC(C)(C)c1cc2c(-c3ccccc3-c3cccc4ccccc34)cccc2[cH-]1.CC(C)(C)c1cc2c(-c3ccccc3-c3cccc4ccccc34)cccc2[cH-]1.C[Si]C.[Zr+2]. The summed E-state index contributed by atoms with van der Waals surface area (Å²) < 4.78 is 0. The van der Waals surface area contributed by atoms with Crippen molar-refractivity contribution in [3.05, 3.63) is 205 Å². The van der Waals surface area contributed by atoms with E-state index in [-0.39, 0.29) is 37.0 Å². The second-order valence-corrected chi connectivity index (χ2v) is 19.2. The predicted molar refractivity (Wildman–Crippen MR) is 271 cm³/mol. The molecule has 10 rings (SSSR count). The van der Waals surface area contributed by atoms with E-state index in [1.54, 1.807) is 0 Å². The van der Waals surface area contributed by atoms with Crippen LogP contribution in [0.5, 0.6) is 0 Å². The largest absolute Gasteiger partial charge is 2.00 e. The second kappa shape index (κ2) is 18.9. The maximum Gasteiger partial charge on any atom is 2.00 e. The van der Waals surface area contributed by atoms with Crippen LogP contribution in [0.4, 0.5) is 0 Å². The van der Waals surface area contributed by atoms with Gasteiger partial charge in [0.2, 0.25) is 0 Å². The molecule has 10 aromatic rings. The smallest absolute Gasteiger partial charge is 0.164 e. The van der Waals surface area contributed by atoms with Crippen molar-refractivity contribution in [2.24, 2.45) is 0 Å². The zero-order valence-corrected chi connectivity index (χ0v) is 40.9. The molecule has 0 heterocycles. The number of rotatable bonds is 4. The molecule has 0 atom stereocenters. The van der Waals surface area contributed by atoms with Gasteiger partial charge in [-0.1, -0.05) is 211 Å². The van der Waals surface area contributed by atoms with E-state index in [0.717, 1.165) is 9.52 Å². The van der Waals surface area contributed by atoms with E-state index in [4.69, 9.17) is 0 Å². The standard InChI is InChI=1S/2C29H25.C2H6Si.Zr/c2*1-29(2,3)22-18-21-12-9-17-27(28(21)19-22)26-15-7-6-14-25(26)24-16-8-11-20-10-4-5-13-23(20)24;1-3-2;/h2*4-19H,1-3H3;1-2H3;/q2*-1;;+2. The van der Waals surface area contributed by atoms with Gasteiger partial charge in [0.15, 0.2) is 0 Å². The Morgan fingerprint density at radius 1 is 0.323 bits per heavy atom. The van der Waals surface area contributed by atoms with E-state index >= 15 is 0 Å². The molecule has 0 aliphatic rings. The second-order valence-electron chi connectivity index (χ2n) is 18.2. The Balaban J connectivity index is 0.000000173. The summed E-state index contributed by atoms with van der Waals surface area (Å²) in [5, 5.41) is 10.5. The van der Waals surface area contributed by atoms with Crippen LogP contribution in [0.1, 0.15) is 52.7 Å². The maximum absolute atomic E-state index is 2.38. The van der Waals surface area contributed by atoms with Gasteiger partial charge in [0.05, 0.1) is 0 Å². The van der Waals surface area contributed by atoms with E-state index in [1.807, 2.05) is 0 Å². The molecule has 0 spiro atoms. The molecule has 0 fully saturated rings. The molecule has 0 saturated heterocycles. The van der Waals surface area contributed by atoms with Crippen molar-refractivity contribution in [2.45, 2.75) is 65.5 Å². The van der Waals surface area contributed by atoms with Gasteiger partial charge in [-0.15, -0.1) is 69.1 Å². The average Bonchev–Trinajstić information content (AvgIpc) is 3.93. The summed E-state index contributed by atoms with van der Waals surface area (Å²) in [6.45, 7) is 18.0. The van der Waals surface area contributed by atoms with Crippen LogP contribution in [0.15, 0.2) is 194 Å². The van der Waals surface area contributed by atoms with Crippen molar-refractivity contribution < 1.29 is 26.2 Å². The molecule has 0 N–H and O–H groups in total. The van der Waals surface area contributed by atoms with Gasteiger partial charge in [-0.2, -0.15) is 12.1 Å². The van der Waals surface area contributed by atoms with Crippen molar-refractivity contribution in [3.63, 3.8) is 0 Å². The molecular formula is C60H56SiZr. The summed E-state index contributed by atoms with van der Waals surface area (Å²) in [7, 11) is 1.08. The first kappa shape index (κ1) is 44.6. The minimum absolute atomic E-state index is 0. The zero-order chi connectivity index (χ0) is 42.7. The Bertz CT molecular complexity index is 2880. The molecule has 304 valence electrons. The minimum Gasteiger partial charge on any atom is -0.164 e. The van der Waals surface area contributed by atoms with E-state index in [9.17, 15) is 0 Å². The van der Waals surface area contributed by atoms with Crippen LogP contribution < -0.4 is 0 Å². The Labute approximate surface area is 391 Å². The fraction of sp³-hybridized carbons (Fsp3) is 0.167. The Kier molecular flexibility index (Phi) is 13.6. The molecule has 2 heteroatoms. The monoisotopic (exact) mass is 894 g/mol. The number of fused-ring (bicyclic) bond motifs is 4. The Morgan fingerprint density at radius 2 is 0.581 bits per heavy atom. The van der Waals surface area contributed by atoms with Gasteiger partial charge in [-0.3, -0.25) is 0 Å². The fourth-order valence-electron chi connectivity index (χ4n) is 8.63. The van der Waals surface area contributed by atoms with Crippen LogP contribution >= 0.6 is 0 Å². The molecule has 0 unspecified atom stereocenters. The van der Waals surface area contributed by atoms with Crippen LogP contribution in [0.25, 0.3) is 87.6 Å². The van der Waals surface area contributed by atoms with Gasteiger partial charge in [-0.25, -0.2) is 0 Å². The number of hydrogen-bond donors (Lipinski definition) is 0. The molecule has 0 aliphatic heterocycles. The van der Waals surface area contributed by atoms with Crippen LogP contribution in [0.2, 0.25) is 13.1 Å². The summed E-state index contributed by atoms with van der Waals surface area (Å²) in [6, 6.07) is 70.9. The van der Waals surface area contributed by atoms with Crippen molar-refractivity contribution in [1.29, 1.82) is 0 Å². The molecule has 0 aromatic heterocycles. The van der Waals surface area contributed by atoms with Crippen molar-refractivity contribution in [3.8, 4) is 44.5 Å². The molecule has 2 radical (unpaired) electrons. The third-order valence-corrected chi connectivity index (χ3v) is 11.8. The van der Waals surface area contributed by atoms with Gasteiger partial charge in [0.1, 0.15) is 0 Å². The summed E-state index contributed by atoms with van der Waals surface area (Å²) in [6.07, 6.45) is 0. The molecule has 0 bridgehead atoms.